The second-order valence-corrected chi connectivity index (χ2v) is 5.28. The van der Waals surface area contributed by atoms with E-state index >= 15 is 0 Å². The van der Waals surface area contributed by atoms with Crippen LogP contribution in [0.3, 0.4) is 0 Å². The number of para-hydroxylation sites is 1. The SMILES string of the molecule is CCOc1ccc(CC2CCNc3ccccc32)cc1. The second-order valence-electron chi connectivity index (χ2n) is 5.28. The van der Waals surface area contributed by atoms with Crippen LogP contribution in [-0.4, -0.2) is 13.2 Å². The minimum absolute atomic E-state index is 0.616. The van der Waals surface area contributed by atoms with Crippen LogP contribution in [0, 0.1) is 0 Å². The molecule has 3 rings (SSSR count). The Morgan fingerprint density at radius 1 is 1.10 bits per heavy atom. The van der Waals surface area contributed by atoms with E-state index < -0.39 is 0 Å². The molecular formula is C18H21NO. The van der Waals surface area contributed by atoms with Gasteiger partial charge in [0.15, 0.2) is 0 Å². The molecule has 1 atom stereocenters. The molecule has 0 radical (unpaired) electrons. The Morgan fingerprint density at radius 2 is 1.90 bits per heavy atom. The van der Waals surface area contributed by atoms with Gasteiger partial charge in [-0.05, 0) is 55.0 Å². The van der Waals surface area contributed by atoms with Crippen molar-refractivity contribution in [1.29, 1.82) is 0 Å². The Balaban J connectivity index is 1.75. The lowest BCUT2D eigenvalue weighted by Gasteiger charge is -2.26. The van der Waals surface area contributed by atoms with Gasteiger partial charge in [0.25, 0.3) is 0 Å². The molecule has 104 valence electrons. The van der Waals surface area contributed by atoms with Gasteiger partial charge in [0, 0.05) is 12.2 Å². The van der Waals surface area contributed by atoms with Crippen LogP contribution in [-0.2, 0) is 6.42 Å². The Bertz CT molecular complexity index is 562. The lowest BCUT2D eigenvalue weighted by Crippen LogP contribution is -2.18. The van der Waals surface area contributed by atoms with E-state index in [4.69, 9.17) is 4.74 Å². The monoisotopic (exact) mass is 267 g/mol. The van der Waals surface area contributed by atoms with E-state index in [1.807, 2.05) is 6.92 Å². The van der Waals surface area contributed by atoms with Crippen LogP contribution in [0.25, 0.3) is 0 Å². The van der Waals surface area contributed by atoms with Crippen molar-refractivity contribution in [3.63, 3.8) is 0 Å². The maximum Gasteiger partial charge on any atom is 0.119 e. The summed E-state index contributed by atoms with van der Waals surface area (Å²) in [6, 6.07) is 17.2. The number of anilines is 1. The van der Waals surface area contributed by atoms with Crippen molar-refractivity contribution in [2.24, 2.45) is 0 Å². The van der Waals surface area contributed by atoms with Gasteiger partial charge in [-0.15, -0.1) is 0 Å². The fourth-order valence-electron chi connectivity index (χ4n) is 2.94. The second kappa shape index (κ2) is 6.00. The lowest BCUT2D eigenvalue weighted by molar-refractivity contribution is 0.340. The van der Waals surface area contributed by atoms with Crippen molar-refractivity contribution in [2.75, 3.05) is 18.5 Å². The van der Waals surface area contributed by atoms with Gasteiger partial charge in [0.1, 0.15) is 5.75 Å². The standard InChI is InChI=1S/C18H21NO/c1-2-20-16-9-7-14(8-10-16)13-15-11-12-19-18-6-4-3-5-17(15)18/h3-10,15,19H,2,11-13H2,1H3. The van der Waals surface area contributed by atoms with E-state index in [1.165, 1.54) is 23.2 Å². The molecule has 0 spiro atoms. The van der Waals surface area contributed by atoms with Crippen molar-refractivity contribution >= 4 is 5.69 Å². The first-order valence-electron chi connectivity index (χ1n) is 7.41. The van der Waals surface area contributed by atoms with Crippen LogP contribution in [0.15, 0.2) is 48.5 Å². The average Bonchev–Trinajstić information content (AvgIpc) is 2.50. The lowest BCUT2D eigenvalue weighted by atomic mass is 9.86. The first kappa shape index (κ1) is 13.0. The van der Waals surface area contributed by atoms with E-state index in [2.05, 4.69) is 53.8 Å². The predicted molar refractivity (Wildman–Crippen MR) is 83.6 cm³/mol. The summed E-state index contributed by atoms with van der Waals surface area (Å²) in [6.07, 6.45) is 2.30. The summed E-state index contributed by atoms with van der Waals surface area (Å²) in [5.74, 6) is 1.58. The molecule has 2 aromatic rings. The predicted octanol–water partition coefficient (Wildman–Crippen LogP) is 4.23. The molecular weight excluding hydrogens is 246 g/mol. The van der Waals surface area contributed by atoms with Crippen LogP contribution in [0.1, 0.15) is 30.4 Å². The summed E-state index contributed by atoms with van der Waals surface area (Å²) in [6.45, 7) is 3.81. The average molecular weight is 267 g/mol. The van der Waals surface area contributed by atoms with Gasteiger partial charge in [0.2, 0.25) is 0 Å². The van der Waals surface area contributed by atoms with Gasteiger partial charge in [0.05, 0.1) is 6.61 Å². The summed E-state index contributed by atoms with van der Waals surface area (Å²) in [5, 5.41) is 3.48. The molecule has 2 nitrogen and oxygen atoms in total. The van der Waals surface area contributed by atoms with Crippen LogP contribution in [0.5, 0.6) is 5.75 Å². The molecule has 2 heteroatoms. The Morgan fingerprint density at radius 3 is 2.70 bits per heavy atom. The fraction of sp³-hybridized carbons (Fsp3) is 0.333. The molecule has 1 aliphatic heterocycles. The summed E-state index contributed by atoms with van der Waals surface area (Å²) in [7, 11) is 0. The van der Waals surface area contributed by atoms with Gasteiger partial charge in [-0.1, -0.05) is 30.3 Å². The number of hydrogen-bond acceptors (Lipinski definition) is 2. The molecule has 1 N–H and O–H groups in total. The van der Waals surface area contributed by atoms with E-state index in [9.17, 15) is 0 Å². The zero-order valence-electron chi connectivity index (χ0n) is 11.9. The maximum absolute atomic E-state index is 5.50. The molecule has 0 fully saturated rings. The summed E-state index contributed by atoms with van der Waals surface area (Å²) in [5.41, 5.74) is 4.14. The number of ether oxygens (including phenoxy) is 1. The molecule has 0 bridgehead atoms. The van der Waals surface area contributed by atoms with Crippen LogP contribution >= 0.6 is 0 Å². The number of fused-ring (bicyclic) bond motifs is 1. The third-order valence-corrected chi connectivity index (χ3v) is 3.93. The van der Waals surface area contributed by atoms with Crippen molar-refractivity contribution in [1.82, 2.24) is 0 Å². The number of benzene rings is 2. The Labute approximate surface area is 120 Å². The van der Waals surface area contributed by atoms with Crippen molar-refractivity contribution in [3.05, 3.63) is 59.7 Å². The Kier molecular flexibility index (Phi) is 3.91. The van der Waals surface area contributed by atoms with Gasteiger partial charge in [-0.2, -0.15) is 0 Å². The molecule has 20 heavy (non-hydrogen) atoms. The molecule has 0 saturated heterocycles. The highest BCUT2D eigenvalue weighted by Gasteiger charge is 2.19. The van der Waals surface area contributed by atoms with Crippen LogP contribution in [0.4, 0.5) is 5.69 Å². The zero-order chi connectivity index (χ0) is 13.8. The normalized spacial score (nSPS) is 17.1. The third kappa shape index (κ3) is 2.79. The molecule has 0 aromatic heterocycles. The first-order chi connectivity index (χ1) is 9.86. The highest BCUT2D eigenvalue weighted by atomic mass is 16.5. The minimum Gasteiger partial charge on any atom is -0.494 e. The molecule has 2 aromatic carbocycles. The summed E-state index contributed by atoms with van der Waals surface area (Å²) >= 11 is 0. The molecule has 1 heterocycles. The molecule has 0 aliphatic carbocycles. The molecule has 1 unspecified atom stereocenters. The number of nitrogens with one attached hydrogen (secondary N) is 1. The summed E-state index contributed by atoms with van der Waals surface area (Å²) < 4.78 is 5.50. The first-order valence-corrected chi connectivity index (χ1v) is 7.41. The molecule has 1 aliphatic rings. The van der Waals surface area contributed by atoms with Crippen molar-refractivity contribution in [3.8, 4) is 5.75 Å². The van der Waals surface area contributed by atoms with E-state index in [-0.39, 0.29) is 0 Å². The third-order valence-electron chi connectivity index (χ3n) is 3.93. The van der Waals surface area contributed by atoms with Crippen LogP contribution < -0.4 is 10.1 Å². The topological polar surface area (TPSA) is 21.3 Å². The number of hydrogen-bond donors (Lipinski definition) is 1. The van der Waals surface area contributed by atoms with Crippen molar-refractivity contribution < 1.29 is 4.74 Å². The fourth-order valence-corrected chi connectivity index (χ4v) is 2.94. The van der Waals surface area contributed by atoms with E-state index in [1.54, 1.807) is 0 Å². The highest BCUT2D eigenvalue weighted by molar-refractivity contribution is 5.55. The van der Waals surface area contributed by atoms with Gasteiger partial charge in [-0.25, -0.2) is 0 Å². The number of rotatable bonds is 4. The Hall–Kier alpha value is -1.96. The van der Waals surface area contributed by atoms with Gasteiger partial charge >= 0.3 is 0 Å². The maximum atomic E-state index is 5.50. The van der Waals surface area contributed by atoms with Crippen LogP contribution in [0.2, 0.25) is 0 Å². The summed E-state index contributed by atoms with van der Waals surface area (Å²) in [4.78, 5) is 0. The largest absolute Gasteiger partial charge is 0.494 e. The highest BCUT2D eigenvalue weighted by Crippen LogP contribution is 2.33. The van der Waals surface area contributed by atoms with Gasteiger partial charge < -0.3 is 10.1 Å². The zero-order valence-corrected chi connectivity index (χ0v) is 11.9. The molecule has 0 saturated carbocycles. The van der Waals surface area contributed by atoms with Gasteiger partial charge in [-0.3, -0.25) is 0 Å². The van der Waals surface area contributed by atoms with E-state index in [0.717, 1.165) is 25.3 Å². The van der Waals surface area contributed by atoms with E-state index in [0.29, 0.717) is 5.92 Å². The smallest absolute Gasteiger partial charge is 0.119 e. The molecule has 0 amide bonds. The van der Waals surface area contributed by atoms with Crippen molar-refractivity contribution in [2.45, 2.75) is 25.7 Å². The quantitative estimate of drug-likeness (QED) is 0.895. The minimum atomic E-state index is 0.616.